The van der Waals surface area contributed by atoms with Crippen LogP contribution in [0.4, 0.5) is 0 Å². The summed E-state index contributed by atoms with van der Waals surface area (Å²) in [7, 11) is 0. The van der Waals surface area contributed by atoms with E-state index in [0.717, 1.165) is 25.7 Å². The van der Waals surface area contributed by atoms with E-state index in [0.29, 0.717) is 0 Å². The fourth-order valence-electron chi connectivity index (χ4n) is 5.29. The van der Waals surface area contributed by atoms with E-state index in [9.17, 15) is 0 Å². The predicted molar refractivity (Wildman–Crippen MR) is 180 cm³/mol. The minimum atomic E-state index is -0.455. The van der Waals surface area contributed by atoms with Gasteiger partial charge in [0.1, 0.15) is 0 Å². The van der Waals surface area contributed by atoms with Crippen molar-refractivity contribution in [2.24, 2.45) is 0 Å². The Morgan fingerprint density at radius 1 is 0.545 bits per heavy atom. The molecule has 0 fully saturated rings. The van der Waals surface area contributed by atoms with Gasteiger partial charge in [-0.25, -0.2) is 11.1 Å². The molecule has 0 saturated carbocycles. The van der Waals surface area contributed by atoms with Crippen molar-refractivity contribution in [3.63, 3.8) is 0 Å². The summed E-state index contributed by atoms with van der Waals surface area (Å²) in [6, 6.07) is 39.0. The molecule has 0 amide bonds. The molecule has 0 heterocycles. The number of aryl methyl sites for hydroxylation is 2. The normalized spacial score (nSPS) is 12.9. The summed E-state index contributed by atoms with van der Waals surface area (Å²) in [6.45, 7) is 8.70. The van der Waals surface area contributed by atoms with Crippen molar-refractivity contribution >= 4 is 27.0 Å². The van der Waals surface area contributed by atoms with Crippen molar-refractivity contribution < 1.29 is 48.1 Å². The van der Waals surface area contributed by atoms with Gasteiger partial charge >= 0.3 is 99.8 Å². The van der Waals surface area contributed by atoms with Crippen LogP contribution in [0.1, 0.15) is 62.8 Å². The summed E-state index contributed by atoms with van der Waals surface area (Å²) in [6.07, 6.45) is 15.4. The maximum absolute atomic E-state index is 3.34. The van der Waals surface area contributed by atoms with Gasteiger partial charge in [-0.2, -0.15) is 23.3 Å². The molecule has 0 saturated heterocycles. The van der Waals surface area contributed by atoms with Crippen molar-refractivity contribution in [3.8, 4) is 0 Å². The average molecular weight is 711 g/mol. The number of benzene rings is 4. The minimum absolute atomic E-state index is 0. The Labute approximate surface area is 293 Å². The Balaban J connectivity index is 0.000000225. The summed E-state index contributed by atoms with van der Waals surface area (Å²) >= 11 is 1.64. The zero-order valence-electron chi connectivity index (χ0n) is 26.1. The number of hydrogen-bond acceptors (Lipinski definition) is 0. The summed E-state index contributed by atoms with van der Waals surface area (Å²) in [5, 5.41) is 3.03. The van der Waals surface area contributed by atoms with Crippen LogP contribution in [0, 0.1) is 12.2 Å². The molecule has 2 aliphatic carbocycles. The first-order valence-corrected chi connectivity index (χ1v) is 20.1. The van der Waals surface area contributed by atoms with Crippen LogP contribution in [0.5, 0.6) is 0 Å². The first-order valence-electron chi connectivity index (χ1n) is 14.9. The van der Waals surface area contributed by atoms with Gasteiger partial charge in [-0.1, -0.05) is 98.5 Å². The molecule has 4 heteroatoms. The summed E-state index contributed by atoms with van der Waals surface area (Å²) in [5.41, 5.74) is 10.5. The van der Waals surface area contributed by atoms with Crippen LogP contribution in [0.3, 0.4) is 0 Å². The fraction of sp³-hybridized carbons (Fsp3) is 0.200. The van der Waals surface area contributed by atoms with Gasteiger partial charge in [-0.3, -0.25) is 12.2 Å². The van der Waals surface area contributed by atoms with Crippen molar-refractivity contribution in [1.82, 2.24) is 0 Å². The molecule has 0 aromatic heterocycles. The van der Waals surface area contributed by atoms with Gasteiger partial charge in [-0.15, -0.1) is 12.8 Å². The molecule has 224 valence electrons. The molecular weight excluding hydrogens is 671 g/mol. The van der Waals surface area contributed by atoms with Gasteiger partial charge in [0.2, 0.25) is 0 Å². The first-order chi connectivity index (χ1) is 20.5. The Morgan fingerprint density at radius 2 is 0.886 bits per heavy atom. The van der Waals surface area contributed by atoms with Gasteiger partial charge in [0, 0.05) is 0 Å². The van der Waals surface area contributed by atoms with E-state index in [1.807, 2.05) is 0 Å². The molecule has 4 aromatic carbocycles. The Bertz CT molecular complexity index is 1490. The number of rotatable bonds is 6. The van der Waals surface area contributed by atoms with Crippen LogP contribution in [-0.2, 0) is 36.2 Å². The van der Waals surface area contributed by atoms with Crippen LogP contribution in [0.15, 0.2) is 132 Å². The fourth-order valence-corrected chi connectivity index (χ4v) is 9.13. The maximum atomic E-state index is 3.34. The molecule has 6 rings (SSSR count). The van der Waals surface area contributed by atoms with Crippen LogP contribution in [-0.4, -0.2) is 5.43 Å². The van der Waals surface area contributed by atoms with Crippen LogP contribution < -0.4 is 35.2 Å². The third-order valence-electron chi connectivity index (χ3n) is 7.66. The third-order valence-corrected chi connectivity index (χ3v) is 13.7. The van der Waals surface area contributed by atoms with Gasteiger partial charge in [-0.05, 0) is 12.8 Å². The molecule has 0 unspecified atom stereocenters. The second-order valence-electron chi connectivity index (χ2n) is 10.4. The molecule has 0 N–H and O–H groups in total. The summed E-state index contributed by atoms with van der Waals surface area (Å²) in [5.74, 6) is 0. The van der Waals surface area contributed by atoms with E-state index in [1.165, 1.54) is 54.9 Å². The second kappa shape index (κ2) is 19.8. The zero-order chi connectivity index (χ0) is 29.7. The zero-order valence-corrected chi connectivity index (χ0v) is 31.1. The standard InChI is InChI=1S/2C14H15.C12H10Si.2ClH.Zr/c2*1-3-12-8-4-5-9-14(12)13-10-6-7-11(13)2;1-3-7-11(8-4-1)13-12-9-5-2-6-10-12;;;/h2*4-5,8-10H,3,6H2,1-2H3;1-10H;2*1H;/q2*-1;;;;+2/p-2. The van der Waals surface area contributed by atoms with Gasteiger partial charge in [0.05, 0.1) is 0 Å². The van der Waals surface area contributed by atoms with Crippen molar-refractivity contribution in [2.75, 3.05) is 0 Å². The van der Waals surface area contributed by atoms with Crippen LogP contribution >= 0.6 is 0 Å². The molecular formula is C40H40Cl2SiZr-2. The van der Waals surface area contributed by atoms with Gasteiger partial charge in [0.15, 0.2) is 0 Å². The van der Waals surface area contributed by atoms with Crippen molar-refractivity contribution in [2.45, 2.75) is 53.4 Å². The van der Waals surface area contributed by atoms with Gasteiger partial charge < -0.3 is 24.8 Å². The summed E-state index contributed by atoms with van der Waals surface area (Å²) < 4.78 is 0. The van der Waals surface area contributed by atoms with E-state index in [4.69, 9.17) is 0 Å². The number of allylic oxidation sites excluding steroid dienone is 8. The van der Waals surface area contributed by atoms with Gasteiger partial charge in [0.25, 0.3) is 0 Å². The van der Waals surface area contributed by atoms with E-state index in [-0.39, 0.29) is 24.8 Å². The van der Waals surface area contributed by atoms with Crippen molar-refractivity contribution in [3.05, 3.63) is 167 Å². The second-order valence-corrected chi connectivity index (χ2v) is 16.0. The Kier molecular flexibility index (Phi) is 17.0. The molecule has 0 bridgehead atoms. The molecule has 44 heavy (non-hydrogen) atoms. The predicted octanol–water partition coefficient (Wildman–Crippen LogP) is 2.92. The van der Waals surface area contributed by atoms with Crippen molar-refractivity contribution in [1.29, 1.82) is 0 Å². The first kappa shape index (κ1) is 37.7. The molecule has 0 aliphatic heterocycles. The molecule has 0 spiro atoms. The third kappa shape index (κ3) is 10.3. The molecule has 2 aliphatic rings. The van der Waals surface area contributed by atoms with E-state index in [2.05, 4.69) is 161 Å². The van der Waals surface area contributed by atoms with Crippen LogP contribution in [0.25, 0.3) is 11.1 Å². The molecule has 0 atom stereocenters. The van der Waals surface area contributed by atoms with E-state index >= 15 is 0 Å². The van der Waals surface area contributed by atoms with E-state index < -0.39 is 5.43 Å². The summed E-state index contributed by atoms with van der Waals surface area (Å²) in [4.78, 5) is 0. The number of halogens is 2. The number of hydrogen-bond donors (Lipinski definition) is 0. The monoisotopic (exact) mass is 708 g/mol. The molecule has 0 radical (unpaired) electrons. The van der Waals surface area contributed by atoms with Crippen LogP contribution in [0.2, 0.25) is 0 Å². The molecule has 4 aromatic rings. The van der Waals surface area contributed by atoms with E-state index in [1.54, 1.807) is 23.3 Å². The Morgan fingerprint density at radius 3 is 1.20 bits per heavy atom. The topological polar surface area (TPSA) is 0 Å². The Hall–Kier alpha value is -2.48. The average Bonchev–Trinajstić information content (AvgIpc) is 3.69. The quantitative estimate of drug-likeness (QED) is 0.214. The molecule has 0 nitrogen and oxygen atoms in total. The SMILES string of the molecule is CCc1ccccc1C1=CC[C-]=C1C.CCc1ccccc1C1=CC[C-]=C1C.[Cl-].[Cl-].[Zr+2]=[Si](c1ccccc1)c1ccccc1.